The number of nitrogens with zero attached hydrogens (tertiary/aromatic N) is 1. The SMILES string of the molecule is C[C@@H](C(=O)Nc1ccccc1Br)N1c2cccc3cccc(c23)S1(=O)=O. The van der Waals surface area contributed by atoms with Crippen molar-refractivity contribution in [2.24, 2.45) is 0 Å². The van der Waals surface area contributed by atoms with Crippen molar-refractivity contribution in [2.45, 2.75) is 17.9 Å². The molecule has 5 nitrogen and oxygen atoms in total. The molecule has 0 aromatic heterocycles. The van der Waals surface area contributed by atoms with Gasteiger partial charge in [0, 0.05) is 9.86 Å². The van der Waals surface area contributed by atoms with E-state index < -0.39 is 22.0 Å². The summed E-state index contributed by atoms with van der Waals surface area (Å²) in [6.45, 7) is 1.59. The fraction of sp³-hybridized carbons (Fsp3) is 0.105. The minimum Gasteiger partial charge on any atom is -0.323 e. The molecule has 0 radical (unpaired) electrons. The van der Waals surface area contributed by atoms with Crippen LogP contribution in [0.25, 0.3) is 10.8 Å². The summed E-state index contributed by atoms with van der Waals surface area (Å²) >= 11 is 3.38. The maximum Gasteiger partial charge on any atom is 0.265 e. The van der Waals surface area contributed by atoms with Crippen LogP contribution in [0.5, 0.6) is 0 Å². The summed E-state index contributed by atoms with van der Waals surface area (Å²) < 4.78 is 28.1. The largest absolute Gasteiger partial charge is 0.323 e. The molecule has 0 saturated heterocycles. The Labute approximate surface area is 159 Å². The predicted octanol–water partition coefficient (Wildman–Crippen LogP) is 4.14. The second kappa shape index (κ2) is 6.10. The van der Waals surface area contributed by atoms with Gasteiger partial charge in [0.2, 0.25) is 5.91 Å². The van der Waals surface area contributed by atoms with E-state index in [2.05, 4.69) is 21.2 Å². The van der Waals surface area contributed by atoms with E-state index in [1.165, 1.54) is 4.31 Å². The summed E-state index contributed by atoms with van der Waals surface area (Å²) in [6.07, 6.45) is 0. The third-order valence-electron chi connectivity index (χ3n) is 4.48. The molecule has 1 aliphatic rings. The van der Waals surface area contributed by atoms with E-state index in [4.69, 9.17) is 0 Å². The van der Waals surface area contributed by atoms with E-state index in [1.807, 2.05) is 24.3 Å². The topological polar surface area (TPSA) is 66.5 Å². The first-order valence-electron chi connectivity index (χ1n) is 8.03. The normalized spacial score (nSPS) is 15.8. The number of anilines is 2. The molecule has 0 bridgehead atoms. The highest BCUT2D eigenvalue weighted by Crippen LogP contribution is 2.43. The van der Waals surface area contributed by atoms with Gasteiger partial charge in [-0.25, -0.2) is 8.42 Å². The van der Waals surface area contributed by atoms with Crippen molar-refractivity contribution in [2.75, 3.05) is 9.62 Å². The number of carbonyl (C=O) groups excluding carboxylic acids is 1. The minimum atomic E-state index is -3.78. The van der Waals surface area contributed by atoms with Crippen molar-refractivity contribution in [3.8, 4) is 0 Å². The van der Waals surface area contributed by atoms with Crippen molar-refractivity contribution >= 4 is 54.0 Å². The number of sulfonamides is 1. The van der Waals surface area contributed by atoms with Crippen molar-refractivity contribution in [1.82, 2.24) is 0 Å². The van der Waals surface area contributed by atoms with Crippen molar-refractivity contribution in [3.05, 3.63) is 65.1 Å². The summed E-state index contributed by atoms with van der Waals surface area (Å²) in [5, 5.41) is 4.29. The van der Waals surface area contributed by atoms with Gasteiger partial charge in [0.25, 0.3) is 10.0 Å². The maximum atomic E-state index is 13.1. The van der Waals surface area contributed by atoms with E-state index in [0.29, 0.717) is 16.8 Å². The fourth-order valence-electron chi connectivity index (χ4n) is 3.24. The van der Waals surface area contributed by atoms with E-state index >= 15 is 0 Å². The van der Waals surface area contributed by atoms with Gasteiger partial charge in [-0.15, -0.1) is 0 Å². The average Bonchev–Trinajstić information content (AvgIpc) is 2.85. The van der Waals surface area contributed by atoms with E-state index in [0.717, 1.165) is 9.86 Å². The van der Waals surface area contributed by atoms with Crippen LogP contribution in [0, 0.1) is 0 Å². The molecule has 0 saturated carbocycles. The third-order valence-corrected chi connectivity index (χ3v) is 7.10. The van der Waals surface area contributed by atoms with Crippen LogP contribution >= 0.6 is 15.9 Å². The van der Waals surface area contributed by atoms with Gasteiger partial charge in [-0.05, 0) is 52.5 Å². The van der Waals surface area contributed by atoms with Gasteiger partial charge in [-0.2, -0.15) is 0 Å². The number of benzene rings is 3. The number of para-hydroxylation sites is 1. The molecular formula is C19H15BrN2O3S. The lowest BCUT2D eigenvalue weighted by Crippen LogP contribution is -2.44. The Morgan fingerprint density at radius 2 is 1.73 bits per heavy atom. The molecule has 3 aromatic rings. The Hall–Kier alpha value is -2.38. The summed E-state index contributed by atoms with van der Waals surface area (Å²) in [6, 6.07) is 16.9. The van der Waals surface area contributed by atoms with Crippen LogP contribution in [0.1, 0.15) is 6.92 Å². The zero-order valence-electron chi connectivity index (χ0n) is 13.8. The standard InChI is InChI=1S/C19H15BrN2O3S/c1-12(19(23)21-15-9-3-2-8-14(15)20)22-16-10-4-6-13-7-5-11-17(18(13)16)26(22,24)25/h2-12H,1H3,(H,21,23)/t12-/m0/s1. The Morgan fingerprint density at radius 3 is 2.46 bits per heavy atom. The van der Waals surface area contributed by atoms with Gasteiger partial charge in [0.15, 0.2) is 0 Å². The number of nitrogens with one attached hydrogen (secondary N) is 1. The average molecular weight is 431 g/mol. The number of carbonyl (C=O) groups is 1. The van der Waals surface area contributed by atoms with Crippen LogP contribution in [-0.2, 0) is 14.8 Å². The first kappa shape index (κ1) is 17.1. The molecular weight excluding hydrogens is 416 g/mol. The quantitative estimate of drug-likeness (QED) is 0.678. The molecule has 0 fully saturated rings. The minimum absolute atomic E-state index is 0.242. The Balaban J connectivity index is 1.75. The second-order valence-electron chi connectivity index (χ2n) is 6.08. The van der Waals surface area contributed by atoms with Crippen LogP contribution < -0.4 is 9.62 Å². The molecule has 1 heterocycles. The fourth-order valence-corrected chi connectivity index (χ4v) is 5.49. The summed E-state index contributed by atoms with van der Waals surface area (Å²) in [7, 11) is -3.78. The van der Waals surface area contributed by atoms with Crippen molar-refractivity contribution in [1.29, 1.82) is 0 Å². The molecule has 7 heteroatoms. The number of rotatable bonds is 3. The predicted molar refractivity (Wildman–Crippen MR) is 106 cm³/mol. The lowest BCUT2D eigenvalue weighted by molar-refractivity contribution is -0.116. The van der Waals surface area contributed by atoms with E-state index in [9.17, 15) is 13.2 Å². The van der Waals surface area contributed by atoms with Gasteiger partial charge in [0.05, 0.1) is 16.3 Å². The summed E-state index contributed by atoms with van der Waals surface area (Å²) in [4.78, 5) is 13.0. The zero-order chi connectivity index (χ0) is 18.5. The molecule has 1 N–H and O–H groups in total. The van der Waals surface area contributed by atoms with Crippen LogP contribution in [-0.4, -0.2) is 20.4 Å². The van der Waals surface area contributed by atoms with Crippen LogP contribution in [0.2, 0.25) is 0 Å². The third kappa shape index (κ3) is 2.50. The molecule has 26 heavy (non-hydrogen) atoms. The lowest BCUT2D eigenvalue weighted by atomic mass is 10.1. The lowest BCUT2D eigenvalue weighted by Gasteiger charge is -2.25. The Bertz CT molecular complexity index is 1140. The number of halogens is 1. The van der Waals surface area contributed by atoms with Gasteiger partial charge in [0.1, 0.15) is 6.04 Å². The van der Waals surface area contributed by atoms with Gasteiger partial charge in [-0.3, -0.25) is 9.10 Å². The van der Waals surface area contributed by atoms with Crippen LogP contribution in [0.15, 0.2) is 70.0 Å². The number of hydrogen-bond acceptors (Lipinski definition) is 3. The molecule has 1 atom stereocenters. The molecule has 0 unspecified atom stereocenters. The molecule has 0 spiro atoms. The molecule has 1 aliphatic heterocycles. The molecule has 4 rings (SSSR count). The highest BCUT2D eigenvalue weighted by molar-refractivity contribution is 9.10. The van der Waals surface area contributed by atoms with Crippen LogP contribution in [0.4, 0.5) is 11.4 Å². The monoisotopic (exact) mass is 430 g/mol. The highest BCUT2D eigenvalue weighted by atomic mass is 79.9. The first-order chi connectivity index (χ1) is 12.4. The first-order valence-corrected chi connectivity index (χ1v) is 10.3. The second-order valence-corrected chi connectivity index (χ2v) is 8.72. The highest BCUT2D eigenvalue weighted by Gasteiger charge is 2.40. The Morgan fingerprint density at radius 1 is 1.04 bits per heavy atom. The van der Waals surface area contributed by atoms with Crippen molar-refractivity contribution in [3.63, 3.8) is 0 Å². The summed E-state index contributed by atoms with van der Waals surface area (Å²) in [5.41, 5.74) is 1.13. The van der Waals surface area contributed by atoms with Gasteiger partial charge in [-0.1, -0.05) is 36.4 Å². The number of amides is 1. The van der Waals surface area contributed by atoms with Gasteiger partial charge < -0.3 is 5.32 Å². The maximum absolute atomic E-state index is 13.1. The molecule has 3 aromatic carbocycles. The molecule has 1 amide bonds. The van der Waals surface area contributed by atoms with E-state index in [-0.39, 0.29) is 4.90 Å². The Kier molecular flexibility index (Phi) is 4.00. The smallest absolute Gasteiger partial charge is 0.265 e. The molecule has 0 aliphatic carbocycles. The number of hydrogen-bond donors (Lipinski definition) is 1. The van der Waals surface area contributed by atoms with Crippen LogP contribution in [0.3, 0.4) is 0 Å². The zero-order valence-corrected chi connectivity index (χ0v) is 16.2. The molecule has 132 valence electrons. The van der Waals surface area contributed by atoms with Gasteiger partial charge >= 0.3 is 0 Å². The van der Waals surface area contributed by atoms with E-state index in [1.54, 1.807) is 43.3 Å². The summed E-state index contributed by atoms with van der Waals surface area (Å²) in [5.74, 6) is -0.398. The van der Waals surface area contributed by atoms with Crippen molar-refractivity contribution < 1.29 is 13.2 Å².